The zero-order valence-corrected chi connectivity index (χ0v) is 12.5. The number of aliphatic hydroxyl groups excluding tert-OH is 1. The van der Waals surface area contributed by atoms with Crippen LogP contribution in [-0.4, -0.2) is 31.4 Å². The van der Waals surface area contributed by atoms with Gasteiger partial charge in [-0.2, -0.15) is 0 Å². The molecule has 0 amide bonds. The Labute approximate surface area is 121 Å². The molecule has 4 nitrogen and oxygen atoms in total. The van der Waals surface area contributed by atoms with Crippen molar-refractivity contribution in [1.29, 1.82) is 0 Å². The van der Waals surface area contributed by atoms with E-state index in [0.717, 1.165) is 30.7 Å². The largest absolute Gasteiger partial charge is 0.496 e. The van der Waals surface area contributed by atoms with Gasteiger partial charge in [-0.3, -0.25) is 0 Å². The van der Waals surface area contributed by atoms with E-state index < -0.39 is 0 Å². The highest BCUT2D eigenvalue weighted by atomic mass is 16.5. The van der Waals surface area contributed by atoms with Crippen molar-refractivity contribution >= 4 is 5.69 Å². The molecule has 0 aliphatic carbocycles. The van der Waals surface area contributed by atoms with Gasteiger partial charge in [-0.15, -0.1) is 0 Å². The lowest BCUT2D eigenvalue weighted by Gasteiger charge is -2.30. The standard InChI is InChI=1S/C16H26N2O2/c1-12(17)16-14(8-3-9-15(16)20-2)18-10-4-6-13(18)7-5-11-19/h3,8-9,12-13,19H,4-7,10-11,17H2,1-2H3/t12-,13?/m1/s1. The van der Waals surface area contributed by atoms with Gasteiger partial charge in [0.1, 0.15) is 5.75 Å². The molecular weight excluding hydrogens is 252 g/mol. The van der Waals surface area contributed by atoms with Crippen LogP contribution < -0.4 is 15.4 Å². The molecule has 0 saturated carbocycles. The predicted octanol–water partition coefficient (Wildman–Crippen LogP) is 2.46. The van der Waals surface area contributed by atoms with Crippen LogP contribution in [-0.2, 0) is 0 Å². The van der Waals surface area contributed by atoms with E-state index in [4.69, 9.17) is 15.6 Å². The molecule has 1 aliphatic rings. The third-order valence-electron chi connectivity index (χ3n) is 4.10. The molecule has 1 unspecified atom stereocenters. The third kappa shape index (κ3) is 3.07. The second-order valence-corrected chi connectivity index (χ2v) is 5.54. The first-order valence-electron chi connectivity index (χ1n) is 7.49. The summed E-state index contributed by atoms with van der Waals surface area (Å²) in [4.78, 5) is 2.44. The zero-order valence-electron chi connectivity index (χ0n) is 12.5. The number of aliphatic hydroxyl groups is 1. The lowest BCUT2D eigenvalue weighted by atomic mass is 10.0. The molecule has 112 valence electrons. The number of methoxy groups -OCH3 is 1. The quantitative estimate of drug-likeness (QED) is 0.839. The average Bonchev–Trinajstić information content (AvgIpc) is 2.92. The fraction of sp³-hybridized carbons (Fsp3) is 0.625. The number of ether oxygens (including phenoxy) is 1. The first kappa shape index (κ1) is 15.1. The van der Waals surface area contributed by atoms with E-state index in [1.165, 1.54) is 18.5 Å². The van der Waals surface area contributed by atoms with E-state index in [0.29, 0.717) is 6.04 Å². The molecule has 20 heavy (non-hydrogen) atoms. The van der Waals surface area contributed by atoms with Crippen LogP contribution in [0.5, 0.6) is 5.75 Å². The second-order valence-electron chi connectivity index (χ2n) is 5.54. The molecule has 0 bridgehead atoms. The van der Waals surface area contributed by atoms with Gasteiger partial charge in [0, 0.05) is 36.5 Å². The van der Waals surface area contributed by atoms with Crippen LogP contribution >= 0.6 is 0 Å². The van der Waals surface area contributed by atoms with Gasteiger partial charge in [-0.25, -0.2) is 0 Å². The molecule has 1 aromatic rings. The number of hydrogen-bond acceptors (Lipinski definition) is 4. The maximum atomic E-state index is 9.05. The van der Waals surface area contributed by atoms with Crippen molar-refractivity contribution in [3.8, 4) is 5.75 Å². The summed E-state index contributed by atoms with van der Waals surface area (Å²) in [6, 6.07) is 6.59. The average molecular weight is 278 g/mol. The van der Waals surface area contributed by atoms with E-state index in [9.17, 15) is 0 Å². The number of anilines is 1. The molecule has 3 N–H and O–H groups in total. The highest BCUT2D eigenvalue weighted by Gasteiger charge is 2.27. The SMILES string of the molecule is COc1cccc(N2CCCC2CCCO)c1[C@@H](C)N. The Bertz CT molecular complexity index is 434. The van der Waals surface area contributed by atoms with E-state index >= 15 is 0 Å². The Morgan fingerprint density at radius 2 is 2.30 bits per heavy atom. The van der Waals surface area contributed by atoms with Crippen molar-refractivity contribution in [3.63, 3.8) is 0 Å². The van der Waals surface area contributed by atoms with E-state index in [1.54, 1.807) is 7.11 Å². The van der Waals surface area contributed by atoms with Crippen molar-refractivity contribution in [2.45, 2.75) is 44.7 Å². The van der Waals surface area contributed by atoms with Gasteiger partial charge in [0.25, 0.3) is 0 Å². The summed E-state index contributed by atoms with van der Waals surface area (Å²) >= 11 is 0. The summed E-state index contributed by atoms with van der Waals surface area (Å²) in [5.41, 5.74) is 8.44. The second kappa shape index (κ2) is 6.95. The molecule has 1 saturated heterocycles. The van der Waals surface area contributed by atoms with Crippen LogP contribution in [0.15, 0.2) is 18.2 Å². The number of nitrogens with two attached hydrogens (primary N) is 1. The van der Waals surface area contributed by atoms with Crippen molar-refractivity contribution in [2.24, 2.45) is 5.73 Å². The van der Waals surface area contributed by atoms with Gasteiger partial charge in [0.15, 0.2) is 0 Å². The van der Waals surface area contributed by atoms with Crippen molar-refractivity contribution in [2.75, 3.05) is 25.2 Å². The van der Waals surface area contributed by atoms with Gasteiger partial charge in [-0.05, 0) is 44.7 Å². The van der Waals surface area contributed by atoms with Crippen LogP contribution in [0.3, 0.4) is 0 Å². The molecule has 0 aromatic heterocycles. The highest BCUT2D eigenvalue weighted by molar-refractivity contribution is 5.61. The van der Waals surface area contributed by atoms with Crippen molar-refractivity contribution in [3.05, 3.63) is 23.8 Å². The first-order chi connectivity index (χ1) is 9.69. The van der Waals surface area contributed by atoms with E-state index in [2.05, 4.69) is 11.0 Å². The van der Waals surface area contributed by atoms with Gasteiger partial charge >= 0.3 is 0 Å². The minimum absolute atomic E-state index is 0.0553. The summed E-state index contributed by atoms with van der Waals surface area (Å²) < 4.78 is 5.48. The van der Waals surface area contributed by atoms with Crippen molar-refractivity contribution in [1.82, 2.24) is 0 Å². The molecule has 1 fully saturated rings. The maximum Gasteiger partial charge on any atom is 0.125 e. The third-order valence-corrected chi connectivity index (χ3v) is 4.10. The minimum Gasteiger partial charge on any atom is -0.496 e. The maximum absolute atomic E-state index is 9.05. The number of rotatable bonds is 6. The molecular formula is C16H26N2O2. The highest BCUT2D eigenvalue weighted by Crippen LogP contribution is 2.37. The molecule has 2 rings (SSSR count). The molecule has 0 spiro atoms. The first-order valence-corrected chi connectivity index (χ1v) is 7.49. The Balaban J connectivity index is 2.31. The Kier molecular flexibility index (Phi) is 5.26. The van der Waals surface area contributed by atoms with Gasteiger partial charge in [0.2, 0.25) is 0 Å². The number of nitrogens with zero attached hydrogens (tertiary/aromatic N) is 1. The van der Waals surface area contributed by atoms with Crippen molar-refractivity contribution < 1.29 is 9.84 Å². The monoisotopic (exact) mass is 278 g/mol. The molecule has 4 heteroatoms. The van der Waals surface area contributed by atoms with Crippen LogP contribution in [0.1, 0.15) is 44.2 Å². The topological polar surface area (TPSA) is 58.7 Å². The minimum atomic E-state index is -0.0553. The fourth-order valence-electron chi connectivity index (χ4n) is 3.20. The van der Waals surface area contributed by atoms with Crippen LogP contribution in [0.4, 0.5) is 5.69 Å². The fourth-order valence-corrected chi connectivity index (χ4v) is 3.20. The summed E-state index contributed by atoms with van der Waals surface area (Å²) in [6.45, 7) is 3.33. The van der Waals surface area contributed by atoms with Gasteiger partial charge < -0.3 is 20.5 Å². The van der Waals surface area contributed by atoms with Crippen LogP contribution in [0.2, 0.25) is 0 Å². The molecule has 2 atom stereocenters. The van der Waals surface area contributed by atoms with Gasteiger partial charge in [-0.1, -0.05) is 6.07 Å². The number of benzene rings is 1. The summed E-state index contributed by atoms with van der Waals surface area (Å²) in [5.74, 6) is 0.866. The Morgan fingerprint density at radius 1 is 1.50 bits per heavy atom. The smallest absolute Gasteiger partial charge is 0.125 e. The van der Waals surface area contributed by atoms with E-state index in [-0.39, 0.29) is 12.6 Å². The Hall–Kier alpha value is -1.26. The zero-order chi connectivity index (χ0) is 14.5. The summed E-state index contributed by atoms with van der Waals surface area (Å²) in [5, 5.41) is 9.05. The Morgan fingerprint density at radius 3 is 2.95 bits per heavy atom. The molecule has 1 heterocycles. The summed E-state index contributed by atoms with van der Waals surface area (Å²) in [7, 11) is 1.69. The lowest BCUT2D eigenvalue weighted by Crippen LogP contribution is -2.31. The predicted molar refractivity (Wildman–Crippen MR) is 82.3 cm³/mol. The molecule has 1 aromatic carbocycles. The normalized spacial score (nSPS) is 20.2. The lowest BCUT2D eigenvalue weighted by molar-refractivity contribution is 0.279. The number of hydrogen-bond donors (Lipinski definition) is 2. The van der Waals surface area contributed by atoms with E-state index in [1.807, 2.05) is 19.1 Å². The summed E-state index contributed by atoms with van der Waals surface area (Å²) in [6.07, 6.45) is 4.28. The molecule has 1 aliphatic heterocycles. The molecule has 0 radical (unpaired) electrons. The van der Waals surface area contributed by atoms with Gasteiger partial charge in [0.05, 0.1) is 7.11 Å². The van der Waals surface area contributed by atoms with Crippen LogP contribution in [0, 0.1) is 0 Å². The van der Waals surface area contributed by atoms with Crippen LogP contribution in [0.25, 0.3) is 0 Å².